The van der Waals surface area contributed by atoms with Crippen LogP contribution < -0.4 is 0 Å². The lowest BCUT2D eigenvalue weighted by Gasteiger charge is -2.31. The van der Waals surface area contributed by atoms with Gasteiger partial charge in [0.1, 0.15) is 0 Å². The number of nitrogens with zero attached hydrogens (tertiary/aromatic N) is 1. The molecule has 0 amide bonds. The van der Waals surface area contributed by atoms with Gasteiger partial charge in [-0.15, -0.1) is 0 Å². The van der Waals surface area contributed by atoms with Crippen molar-refractivity contribution in [1.82, 2.24) is 4.90 Å². The van der Waals surface area contributed by atoms with Gasteiger partial charge >= 0.3 is 0 Å². The fourth-order valence-corrected chi connectivity index (χ4v) is 2.86. The lowest BCUT2D eigenvalue weighted by molar-refractivity contribution is -0.118. The highest BCUT2D eigenvalue weighted by Gasteiger charge is 2.30. The molecule has 2 heteroatoms. The number of benzene rings is 2. The number of piperidine rings is 1. The van der Waals surface area contributed by atoms with Crippen LogP contribution in [0.15, 0.2) is 66.2 Å². The molecule has 106 valence electrons. The molecule has 0 aromatic heterocycles. The number of hydrogen-bond acceptors (Lipinski definition) is 2. The van der Waals surface area contributed by atoms with Crippen molar-refractivity contribution in [3.05, 3.63) is 77.4 Å². The molecule has 2 aromatic rings. The molecule has 1 atom stereocenters. The Kier molecular flexibility index (Phi) is 3.98. The smallest absolute Gasteiger partial charge is 0.168 e. The van der Waals surface area contributed by atoms with E-state index in [0.717, 1.165) is 29.8 Å². The molecule has 0 aliphatic carbocycles. The molecule has 1 heterocycles. The lowest BCUT2D eigenvalue weighted by atomic mass is 9.86. The second-order valence-electron chi connectivity index (χ2n) is 5.60. The van der Waals surface area contributed by atoms with E-state index in [2.05, 4.69) is 11.9 Å². The van der Waals surface area contributed by atoms with E-state index in [-0.39, 0.29) is 11.7 Å². The molecule has 0 saturated carbocycles. The first-order valence-electron chi connectivity index (χ1n) is 7.27. The van der Waals surface area contributed by atoms with E-state index in [1.807, 2.05) is 66.7 Å². The molecule has 0 bridgehead atoms. The molecule has 1 fully saturated rings. The van der Waals surface area contributed by atoms with Gasteiger partial charge in [0.15, 0.2) is 5.78 Å². The second-order valence-corrected chi connectivity index (χ2v) is 5.60. The van der Waals surface area contributed by atoms with E-state index in [1.54, 1.807) is 0 Å². The Morgan fingerprint density at radius 2 is 1.62 bits per heavy atom. The van der Waals surface area contributed by atoms with E-state index in [4.69, 9.17) is 0 Å². The molecule has 3 rings (SSSR count). The van der Waals surface area contributed by atoms with Gasteiger partial charge in [-0.25, -0.2) is 0 Å². The van der Waals surface area contributed by atoms with Crippen LogP contribution in [0.4, 0.5) is 0 Å². The first kappa shape index (κ1) is 13.8. The fraction of sp³-hybridized carbons (Fsp3) is 0.211. The maximum Gasteiger partial charge on any atom is 0.168 e. The van der Waals surface area contributed by atoms with Crippen molar-refractivity contribution in [2.45, 2.75) is 5.92 Å². The quantitative estimate of drug-likeness (QED) is 0.784. The Hall–Kier alpha value is -2.19. The molecule has 1 aliphatic rings. The normalized spacial score (nSPS) is 21.7. The van der Waals surface area contributed by atoms with Crippen LogP contribution >= 0.6 is 0 Å². The third-order valence-electron chi connectivity index (χ3n) is 3.91. The summed E-state index contributed by atoms with van der Waals surface area (Å²) < 4.78 is 0. The van der Waals surface area contributed by atoms with Gasteiger partial charge in [0.25, 0.3) is 0 Å². The molecule has 1 saturated heterocycles. The summed E-state index contributed by atoms with van der Waals surface area (Å²) in [6.45, 7) is 1.51. The van der Waals surface area contributed by atoms with E-state index < -0.39 is 0 Å². The molecular formula is C19H19NO. The van der Waals surface area contributed by atoms with Gasteiger partial charge in [-0.05, 0) is 24.3 Å². The highest BCUT2D eigenvalue weighted by molar-refractivity contribution is 6.05. The van der Waals surface area contributed by atoms with Crippen molar-refractivity contribution < 1.29 is 4.79 Å². The number of likely N-dealkylation sites (N-methyl/N-ethyl adjacent to an activating group) is 1. The van der Waals surface area contributed by atoms with Crippen LogP contribution in [0.5, 0.6) is 0 Å². The zero-order chi connectivity index (χ0) is 14.7. The molecule has 1 unspecified atom stereocenters. The van der Waals surface area contributed by atoms with Crippen molar-refractivity contribution in [2.24, 2.45) is 0 Å². The average molecular weight is 277 g/mol. The maximum absolute atomic E-state index is 12.8. The van der Waals surface area contributed by atoms with Gasteiger partial charge in [-0.1, -0.05) is 60.7 Å². The Balaban J connectivity index is 1.92. The fourth-order valence-electron chi connectivity index (χ4n) is 2.86. The zero-order valence-corrected chi connectivity index (χ0v) is 12.2. The topological polar surface area (TPSA) is 20.3 Å². The Labute approximate surface area is 125 Å². The molecule has 1 aliphatic heterocycles. The highest BCUT2D eigenvalue weighted by atomic mass is 16.1. The van der Waals surface area contributed by atoms with Crippen molar-refractivity contribution in [1.29, 1.82) is 0 Å². The van der Waals surface area contributed by atoms with Crippen molar-refractivity contribution >= 4 is 11.9 Å². The summed E-state index contributed by atoms with van der Waals surface area (Å²) in [7, 11) is 2.07. The van der Waals surface area contributed by atoms with Crippen LogP contribution in [0.3, 0.4) is 0 Å². The zero-order valence-electron chi connectivity index (χ0n) is 12.2. The largest absolute Gasteiger partial charge is 0.301 e. The van der Waals surface area contributed by atoms with Gasteiger partial charge in [0.2, 0.25) is 0 Å². The van der Waals surface area contributed by atoms with Gasteiger partial charge in [0.05, 0.1) is 5.92 Å². The monoisotopic (exact) mass is 277 g/mol. The highest BCUT2D eigenvalue weighted by Crippen LogP contribution is 2.27. The van der Waals surface area contributed by atoms with Crippen molar-refractivity contribution in [2.75, 3.05) is 20.1 Å². The first-order valence-corrected chi connectivity index (χ1v) is 7.27. The lowest BCUT2D eigenvalue weighted by Crippen LogP contribution is -2.38. The first-order chi connectivity index (χ1) is 10.2. The van der Waals surface area contributed by atoms with Crippen LogP contribution in [0, 0.1) is 0 Å². The number of hydrogen-bond donors (Lipinski definition) is 0. The minimum Gasteiger partial charge on any atom is -0.301 e. The number of carbonyl (C=O) groups excluding carboxylic acids is 1. The van der Waals surface area contributed by atoms with Crippen LogP contribution in [0.25, 0.3) is 6.08 Å². The SMILES string of the molecule is CN1C/C(=C\c2ccccc2)C(=O)C(c2ccccc2)C1. The van der Waals surface area contributed by atoms with E-state index in [0.29, 0.717) is 0 Å². The van der Waals surface area contributed by atoms with Crippen LogP contribution in [-0.4, -0.2) is 30.8 Å². The standard InChI is InChI=1S/C19H19NO/c1-20-13-17(12-15-8-4-2-5-9-15)19(21)18(14-20)16-10-6-3-7-11-16/h2-12,18H,13-14H2,1H3/b17-12+. The van der Waals surface area contributed by atoms with E-state index >= 15 is 0 Å². The number of Topliss-reactive ketones (excluding diaryl/α,β-unsaturated/α-hetero) is 1. The van der Waals surface area contributed by atoms with E-state index in [1.165, 1.54) is 0 Å². The molecule has 21 heavy (non-hydrogen) atoms. The van der Waals surface area contributed by atoms with Crippen molar-refractivity contribution in [3.8, 4) is 0 Å². The predicted octanol–water partition coefficient (Wildman–Crippen LogP) is 3.37. The Morgan fingerprint density at radius 1 is 1.00 bits per heavy atom. The van der Waals surface area contributed by atoms with Gasteiger partial charge in [-0.3, -0.25) is 4.79 Å². The minimum absolute atomic E-state index is 0.0556. The molecule has 2 nitrogen and oxygen atoms in total. The third-order valence-corrected chi connectivity index (χ3v) is 3.91. The second kappa shape index (κ2) is 6.06. The summed E-state index contributed by atoms with van der Waals surface area (Å²) in [6.07, 6.45) is 2.02. The Morgan fingerprint density at radius 3 is 2.29 bits per heavy atom. The molecule has 0 radical (unpaired) electrons. The number of carbonyl (C=O) groups is 1. The van der Waals surface area contributed by atoms with Crippen LogP contribution in [-0.2, 0) is 4.79 Å². The van der Waals surface area contributed by atoms with Gasteiger partial charge in [-0.2, -0.15) is 0 Å². The summed E-state index contributed by atoms with van der Waals surface area (Å²) in [4.78, 5) is 15.0. The van der Waals surface area contributed by atoms with Crippen molar-refractivity contribution in [3.63, 3.8) is 0 Å². The summed E-state index contributed by atoms with van der Waals surface area (Å²) in [5.41, 5.74) is 3.08. The minimum atomic E-state index is -0.0556. The summed E-state index contributed by atoms with van der Waals surface area (Å²) in [5.74, 6) is 0.197. The number of likely N-dealkylation sites (tertiary alicyclic amines) is 1. The summed E-state index contributed by atoms with van der Waals surface area (Å²) >= 11 is 0. The van der Waals surface area contributed by atoms with E-state index in [9.17, 15) is 4.79 Å². The molecule has 2 aromatic carbocycles. The summed E-state index contributed by atoms with van der Waals surface area (Å²) in [5, 5.41) is 0. The summed E-state index contributed by atoms with van der Waals surface area (Å²) in [6, 6.07) is 20.1. The molecular weight excluding hydrogens is 258 g/mol. The van der Waals surface area contributed by atoms with Crippen LogP contribution in [0.2, 0.25) is 0 Å². The van der Waals surface area contributed by atoms with Crippen LogP contribution in [0.1, 0.15) is 17.0 Å². The maximum atomic E-state index is 12.8. The molecule has 0 N–H and O–H groups in total. The van der Waals surface area contributed by atoms with Gasteiger partial charge in [0, 0.05) is 18.7 Å². The van der Waals surface area contributed by atoms with Gasteiger partial charge < -0.3 is 4.90 Å². The third kappa shape index (κ3) is 3.11. The predicted molar refractivity (Wildman–Crippen MR) is 86.1 cm³/mol. The average Bonchev–Trinajstić information content (AvgIpc) is 2.52. The molecule has 0 spiro atoms. The Bertz CT molecular complexity index is 646. The number of rotatable bonds is 2. The number of ketones is 1.